The first-order valence-corrected chi connectivity index (χ1v) is 16.3. The number of carbonyl (C=O) groups excluding carboxylic acids is 4. The highest BCUT2D eigenvalue weighted by Crippen LogP contribution is 2.41. The van der Waals surface area contributed by atoms with E-state index in [0.717, 1.165) is 11.1 Å². The van der Waals surface area contributed by atoms with E-state index in [1.807, 2.05) is 82.3 Å². The van der Waals surface area contributed by atoms with Gasteiger partial charge >= 0.3 is 12.1 Å². The second-order valence-electron chi connectivity index (χ2n) is 14.9. The largest absolute Gasteiger partial charge is 0.458 e. The summed E-state index contributed by atoms with van der Waals surface area (Å²) >= 11 is 0. The lowest BCUT2D eigenvalue weighted by Gasteiger charge is -2.36. The van der Waals surface area contributed by atoms with Crippen molar-refractivity contribution in [2.75, 3.05) is 0 Å². The molecule has 1 aliphatic rings. The smallest absolute Gasteiger partial charge is 0.408 e. The first-order valence-electron chi connectivity index (χ1n) is 16.3. The third-order valence-electron chi connectivity index (χ3n) is 7.67. The van der Waals surface area contributed by atoms with Gasteiger partial charge in [0.2, 0.25) is 11.8 Å². The highest BCUT2D eigenvalue weighted by atomic mass is 16.6. The van der Waals surface area contributed by atoms with Gasteiger partial charge in [0, 0.05) is 12.5 Å². The zero-order valence-electron chi connectivity index (χ0n) is 29.2. The summed E-state index contributed by atoms with van der Waals surface area (Å²) in [5, 5.41) is 5.78. The van der Waals surface area contributed by atoms with Crippen molar-refractivity contribution in [2.24, 2.45) is 11.8 Å². The van der Waals surface area contributed by atoms with E-state index in [-0.39, 0.29) is 30.2 Å². The van der Waals surface area contributed by atoms with Crippen molar-refractivity contribution >= 4 is 23.9 Å². The van der Waals surface area contributed by atoms with Crippen LogP contribution in [-0.4, -0.2) is 58.1 Å². The molecule has 0 heterocycles. The summed E-state index contributed by atoms with van der Waals surface area (Å²) < 4.78 is 11.2. The molecule has 46 heavy (non-hydrogen) atoms. The molecule has 1 fully saturated rings. The van der Waals surface area contributed by atoms with Gasteiger partial charge in [-0.1, -0.05) is 75.4 Å². The first-order chi connectivity index (χ1) is 21.4. The number of ether oxygens (including phenoxy) is 2. The van der Waals surface area contributed by atoms with Gasteiger partial charge in [0.25, 0.3) is 0 Å². The fraction of sp³-hybridized carbons (Fsp3) is 0.568. The third-order valence-corrected chi connectivity index (χ3v) is 7.67. The number of esters is 1. The lowest BCUT2D eigenvalue weighted by Crippen LogP contribution is -2.56. The highest BCUT2D eigenvalue weighted by molar-refractivity contribution is 5.94. The van der Waals surface area contributed by atoms with Gasteiger partial charge in [0.05, 0.1) is 0 Å². The van der Waals surface area contributed by atoms with E-state index in [0.29, 0.717) is 18.4 Å². The maximum Gasteiger partial charge on any atom is 0.408 e. The molecule has 252 valence electrons. The fourth-order valence-electron chi connectivity index (χ4n) is 5.47. The van der Waals surface area contributed by atoms with Crippen LogP contribution in [0, 0.1) is 18.8 Å². The second kappa shape index (κ2) is 15.1. The number of amides is 3. The minimum absolute atomic E-state index is 0.0653. The van der Waals surface area contributed by atoms with Crippen LogP contribution in [-0.2, 0) is 30.3 Å². The summed E-state index contributed by atoms with van der Waals surface area (Å²) in [7, 11) is 0. The van der Waals surface area contributed by atoms with Crippen LogP contribution in [0.25, 0.3) is 0 Å². The maximum atomic E-state index is 14.6. The molecule has 1 aliphatic carbocycles. The Morgan fingerprint density at radius 2 is 1.41 bits per heavy atom. The molecule has 2 aromatic rings. The number of alkyl carbamates (subject to hydrolysis) is 1. The molecule has 5 unspecified atom stereocenters. The van der Waals surface area contributed by atoms with Crippen LogP contribution in [0.1, 0.15) is 97.9 Å². The molecule has 3 amide bonds. The summed E-state index contributed by atoms with van der Waals surface area (Å²) in [4.78, 5) is 57.3. The van der Waals surface area contributed by atoms with Gasteiger partial charge in [0.1, 0.15) is 29.3 Å². The normalized spacial score (nSPS) is 18.2. The molecule has 0 radical (unpaired) electrons. The molecule has 5 atom stereocenters. The summed E-state index contributed by atoms with van der Waals surface area (Å²) in [6, 6.07) is 13.7. The van der Waals surface area contributed by atoms with Crippen LogP contribution >= 0.6 is 0 Å². The van der Waals surface area contributed by atoms with Crippen LogP contribution < -0.4 is 10.6 Å². The number of nitrogens with zero attached hydrogens (tertiary/aromatic N) is 1. The zero-order chi connectivity index (χ0) is 34.4. The van der Waals surface area contributed by atoms with Gasteiger partial charge in [-0.05, 0) is 89.8 Å². The van der Waals surface area contributed by atoms with Crippen molar-refractivity contribution in [3.8, 4) is 0 Å². The highest BCUT2D eigenvalue weighted by Gasteiger charge is 2.49. The first kappa shape index (κ1) is 36.6. The number of carbonyl (C=O) groups is 4. The van der Waals surface area contributed by atoms with Crippen LogP contribution in [0.5, 0.6) is 0 Å². The Hall–Kier alpha value is -3.88. The Morgan fingerprint density at radius 1 is 0.848 bits per heavy atom. The van der Waals surface area contributed by atoms with Crippen molar-refractivity contribution < 1.29 is 28.7 Å². The van der Waals surface area contributed by atoms with Crippen LogP contribution in [0.2, 0.25) is 0 Å². The van der Waals surface area contributed by atoms with E-state index in [9.17, 15) is 19.2 Å². The monoisotopic (exact) mass is 635 g/mol. The molecule has 0 saturated heterocycles. The van der Waals surface area contributed by atoms with E-state index < -0.39 is 47.3 Å². The van der Waals surface area contributed by atoms with E-state index >= 15 is 0 Å². The number of nitrogens with one attached hydrogen (secondary N) is 2. The van der Waals surface area contributed by atoms with E-state index in [1.165, 1.54) is 0 Å². The second-order valence-corrected chi connectivity index (χ2v) is 14.9. The molecule has 9 heteroatoms. The summed E-state index contributed by atoms with van der Waals surface area (Å²) in [5.74, 6) is -1.20. The fourth-order valence-corrected chi connectivity index (χ4v) is 5.47. The molecular formula is C37H53N3O6. The van der Waals surface area contributed by atoms with Crippen molar-refractivity contribution in [2.45, 2.75) is 124 Å². The zero-order valence-corrected chi connectivity index (χ0v) is 29.2. The predicted octanol–water partition coefficient (Wildman–Crippen LogP) is 6.28. The Kier molecular flexibility index (Phi) is 12.0. The molecule has 0 aromatic heterocycles. The SMILES string of the molecule is Cc1ccccc1C(C(=O)NC(Cc1ccccc1)C(=O)OC(C)(C)C)N(C(=O)C(CC(C)C)NC(=O)OC(C)(C)C)C1CC1C. The van der Waals surface area contributed by atoms with Gasteiger partial charge in [0.15, 0.2) is 0 Å². The topological polar surface area (TPSA) is 114 Å². The number of rotatable bonds is 12. The van der Waals surface area contributed by atoms with Crippen LogP contribution in [0.15, 0.2) is 54.6 Å². The molecule has 0 spiro atoms. The minimum Gasteiger partial charge on any atom is -0.458 e. The molecular weight excluding hydrogens is 582 g/mol. The predicted molar refractivity (Wildman–Crippen MR) is 179 cm³/mol. The lowest BCUT2D eigenvalue weighted by atomic mass is 9.95. The average Bonchev–Trinajstić information content (AvgIpc) is 3.64. The summed E-state index contributed by atoms with van der Waals surface area (Å²) in [5.41, 5.74) is 0.809. The maximum absolute atomic E-state index is 14.6. The number of hydrogen-bond acceptors (Lipinski definition) is 6. The molecule has 1 saturated carbocycles. The molecule has 2 N–H and O–H groups in total. The van der Waals surface area contributed by atoms with Crippen molar-refractivity contribution in [1.82, 2.24) is 15.5 Å². The average molecular weight is 636 g/mol. The minimum atomic E-state index is -1.06. The van der Waals surface area contributed by atoms with E-state index in [1.54, 1.807) is 46.4 Å². The Balaban J connectivity index is 2.07. The molecule has 3 rings (SSSR count). The number of aryl methyl sites for hydroxylation is 1. The summed E-state index contributed by atoms with van der Waals surface area (Å²) in [6.07, 6.45) is 0.583. The molecule has 0 aliphatic heterocycles. The Labute approximate surface area is 274 Å². The molecule has 2 aromatic carbocycles. The lowest BCUT2D eigenvalue weighted by molar-refractivity contribution is -0.159. The summed E-state index contributed by atoms with van der Waals surface area (Å²) in [6.45, 7) is 18.5. The van der Waals surface area contributed by atoms with Gasteiger partial charge in [-0.3, -0.25) is 9.59 Å². The Bertz CT molecular complexity index is 1360. The third kappa shape index (κ3) is 10.9. The van der Waals surface area contributed by atoms with Gasteiger partial charge in [-0.15, -0.1) is 0 Å². The van der Waals surface area contributed by atoms with Crippen LogP contribution in [0.3, 0.4) is 0 Å². The van der Waals surface area contributed by atoms with E-state index in [2.05, 4.69) is 10.6 Å². The quantitative estimate of drug-likeness (QED) is 0.265. The van der Waals surface area contributed by atoms with Crippen molar-refractivity contribution in [3.05, 3.63) is 71.3 Å². The van der Waals surface area contributed by atoms with Crippen LogP contribution in [0.4, 0.5) is 4.79 Å². The molecule has 9 nitrogen and oxygen atoms in total. The number of hydrogen-bond donors (Lipinski definition) is 2. The van der Waals surface area contributed by atoms with Crippen molar-refractivity contribution in [1.29, 1.82) is 0 Å². The number of benzene rings is 2. The van der Waals surface area contributed by atoms with E-state index in [4.69, 9.17) is 9.47 Å². The van der Waals surface area contributed by atoms with Gasteiger partial charge in [-0.2, -0.15) is 0 Å². The van der Waals surface area contributed by atoms with Crippen molar-refractivity contribution in [3.63, 3.8) is 0 Å². The van der Waals surface area contributed by atoms with Gasteiger partial charge < -0.3 is 25.0 Å². The molecule has 0 bridgehead atoms. The van der Waals surface area contributed by atoms with Gasteiger partial charge in [-0.25, -0.2) is 9.59 Å². The standard InChI is InChI=1S/C37H53N3O6/c1-23(2)20-28(39-35(44)46-37(8,9)10)33(42)40(30-21-25(30)4)31(27-19-15-14-16-24(27)3)32(41)38-29(34(43)45-36(5,6)7)22-26-17-12-11-13-18-26/h11-19,23,25,28-31H,20-22H2,1-10H3,(H,38,41)(H,39,44). The Morgan fingerprint density at radius 3 is 1.93 bits per heavy atom.